The summed E-state index contributed by atoms with van der Waals surface area (Å²) in [6.45, 7) is 0.738. The summed E-state index contributed by atoms with van der Waals surface area (Å²) in [6.07, 6.45) is 1.98. The van der Waals surface area contributed by atoms with Crippen LogP contribution in [0.1, 0.15) is 22.3 Å². The second kappa shape index (κ2) is 7.00. The zero-order valence-corrected chi connectivity index (χ0v) is 13.2. The van der Waals surface area contributed by atoms with E-state index in [0.29, 0.717) is 18.7 Å². The molecular formula is C19H19N3O2. The Morgan fingerprint density at radius 3 is 2.58 bits per heavy atom. The van der Waals surface area contributed by atoms with Gasteiger partial charge in [0.25, 0.3) is 5.91 Å². The van der Waals surface area contributed by atoms with E-state index >= 15 is 0 Å². The molecule has 2 aromatic carbocycles. The summed E-state index contributed by atoms with van der Waals surface area (Å²) >= 11 is 0. The van der Waals surface area contributed by atoms with Gasteiger partial charge in [-0.1, -0.05) is 36.4 Å². The molecule has 2 amide bonds. The van der Waals surface area contributed by atoms with Gasteiger partial charge in [0.15, 0.2) is 0 Å². The van der Waals surface area contributed by atoms with Crippen molar-refractivity contribution in [3.8, 4) is 0 Å². The molecule has 122 valence electrons. The first kappa shape index (κ1) is 15.8. The van der Waals surface area contributed by atoms with Gasteiger partial charge in [0.1, 0.15) is 0 Å². The van der Waals surface area contributed by atoms with E-state index in [1.54, 1.807) is 11.0 Å². The lowest BCUT2D eigenvalue weighted by atomic mass is 10.1. The second-order valence-electron chi connectivity index (χ2n) is 5.71. The van der Waals surface area contributed by atoms with E-state index in [2.05, 4.69) is 4.98 Å². The largest absolute Gasteiger partial charge is 0.370 e. The van der Waals surface area contributed by atoms with Crippen LogP contribution in [0.5, 0.6) is 0 Å². The van der Waals surface area contributed by atoms with Gasteiger partial charge in [-0.05, 0) is 29.1 Å². The molecule has 0 atom stereocenters. The van der Waals surface area contributed by atoms with E-state index in [0.717, 1.165) is 16.5 Å². The van der Waals surface area contributed by atoms with Gasteiger partial charge in [0.2, 0.25) is 5.91 Å². The van der Waals surface area contributed by atoms with Crippen molar-refractivity contribution in [2.24, 2.45) is 5.73 Å². The van der Waals surface area contributed by atoms with E-state index in [1.165, 1.54) is 0 Å². The van der Waals surface area contributed by atoms with Crippen molar-refractivity contribution >= 4 is 22.7 Å². The van der Waals surface area contributed by atoms with Crippen LogP contribution in [0.3, 0.4) is 0 Å². The summed E-state index contributed by atoms with van der Waals surface area (Å²) in [5.41, 5.74) is 7.76. The van der Waals surface area contributed by atoms with Crippen molar-refractivity contribution in [1.82, 2.24) is 9.88 Å². The van der Waals surface area contributed by atoms with Crippen molar-refractivity contribution in [3.63, 3.8) is 0 Å². The second-order valence-corrected chi connectivity index (χ2v) is 5.71. The Bertz CT molecular complexity index is 855. The third-order valence-electron chi connectivity index (χ3n) is 3.93. The number of fused-ring (bicyclic) bond motifs is 1. The maximum absolute atomic E-state index is 12.9. The maximum Gasteiger partial charge on any atom is 0.254 e. The zero-order chi connectivity index (χ0) is 16.9. The number of nitrogens with one attached hydrogen (secondary N) is 1. The molecule has 5 nitrogen and oxygen atoms in total. The lowest BCUT2D eigenvalue weighted by molar-refractivity contribution is -0.118. The SMILES string of the molecule is NC(=O)CCN(Cc1ccccc1)C(=O)c1ccc2cc[nH]c2c1. The molecular weight excluding hydrogens is 302 g/mol. The zero-order valence-electron chi connectivity index (χ0n) is 13.2. The van der Waals surface area contributed by atoms with Gasteiger partial charge in [0, 0.05) is 36.8 Å². The monoisotopic (exact) mass is 321 g/mol. The van der Waals surface area contributed by atoms with Crippen LogP contribution in [-0.4, -0.2) is 28.2 Å². The lowest BCUT2D eigenvalue weighted by Gasteiger charge is -2.22. The number of hydrogen-bond acceptors (Lipinski definition) is 2. The van der Waals surface area contributed by atoms with Crippen molar-refractivity contribution in [2.45, 2.75) is 13.0 Å². The number of aromatic nitrogens is 1. The third kappa shape index (κ3) is 3.63. The molecule has 0 radical (unpaired) electrons. The van der Waals surface area contributed by atoms with Crippen LogP contribution >= 0.6 is 0 Å². The molecule has 3 N–H and O–H groups in total. The van der Waals surface area contributed by atoms with Crippen molar-refractivity contribution in [3.05, 3.63) is 71.9 Å². The predicted molar refractivity (Wildman–Crippen MR) is 93.3 cm³/mol. The smallest absolute Gasteiger partial charge is 0.254 e. The van der Waals surface area contributed by atoms with Crippen LogP contribution in [-0.2, 0) is 11.3 Å². The molecule has 1 aromatic heterocycles. The lowest BCUT2D eigenvalue weighted by Crippen LogP contribution is -2.33. The minimum Gasteiger partial charge on any atom is -0.370 e. The molecule has 24 heavy (non-hydrogen) atoms. The van der Waals surface area contributed by atoms with Gasteiger partial charge < -0.3 is 15.6 Å². The summed E-state index contributed by atoms with van der Waals surface area (Å²) in [7, 11) is 0. The number of carbonyl (C=O) groups is 2. The number of hydrogen-bond donors (Lipinski definition) is 2. The number of H-pyrrole nitrogens is 1. The predicted octanol–water partition coefficient (Wildman–Crippen LogP) is 2.69. The Hall–Kier alpha value is -3.08. The van der Waals surface area contributed by atoms with Crippen LogP contribution < -0.4 is 5.73 Å². The first-order valence-electron chi connectivity index (χ1n) is 7.82. The van der Waals surface area contributed by atoms with Gasteiger partial charge in [-0.2, -0.15) is 0 Å². The average molecular weight is 321 g/mol. The van der Waals surface area contributed by atoms with Gasteiger partial charge >= 0.3 is 0 Å². The highest BCUT2D eigenvalue weighted by Gasteiger charge is 2.17. The molecule has 0 saturated heterocycles. The fraction of sp³-hybridized carbons (Fsp3) is 0.158. The first-order chi connectivity index (χ1) is 11.6. The molecule has 0 saturated carbocycles. The fourth-order valence-electron chi connectivity index (χ4n) is 2.66. The summed E-state index contributed by atoms with van der Waals surface area (Å²) in [6, 6.07) is 17.2. The van der Waals surface area contributed by atoms with E-state index in [-0.39, 0.29) is 12.3 Å². The Morgan fingerprint density at radius 2 is 1.83 bits per heavy atom. The molecule has 1 heterocycles. The summed E-state index contributed by atoms with van der Waals surface area (Å²) in [5, 5.41) is 1.05. The Balaban J connectivity index is 1.84. The molecule has 0 unspecified atom stereocenters. The molecule has 0 fully saturated rings. The van der Waals surface area contributed by atoms with Crippen molar-refractivity contribution in [1.29, 1.82) is 0 Å². The fourth-order valence-corrected chi connectivity index (χ4v) is 2.66. The minimum absolute atomic E-state index is 0.114. The van der Waals surface area contributed by atoms with Gasteiger partial charge in [-0.15, -0.1) is 0 Å². The van der Waals surface area contributed by atoms with Crippen LogP contribution in [0.2, 0.25) is 0 Å². The molecule has 0 aliphatic heterocycles. The Morgan fingerprint density at radius 1 is 1.04 bits per heavy atom. The third-order valence-corrected chi connectivity index (χ3v) is 3.93. The number of nitrogens with two attached hydrogens (primary N) is 1. The van der Waals surface area contributed by atoms with E-state index in [4.69, 9.17) is 5.73 Å². The summed E-state index contributed by atoms with van der Waals surface area (Å²) in [4.78, 5) is 28.8. The number of rotatable bonds is 6. The van der Waals surface area contributed by atoms with E-state index in [9.17, 15) is 9.59 Å². The number of amides is 2. The molecule has 0 spiro atoms. The van der Waals surface area contributed by atoms with E-state index < -0.39 is 5.91 Å². The number of nitrogens with zero attached hydrogens (tertiary/aromatic N) is 1. The normalized spacial score (nSPS) is 10.7. The molecule has 0 bridgehead atoms. The van der Waals surface area contributed by atoms with Gasteiger partial charge in [-0.3, -0.25) is 9.59 Å². The van der Waals surface area contributed by atoms with Crippen LogP contribution in [0.15, 0.2) is 60.8 Å². The molecule has 0 aliphatic rings. The first-order valence-corrected chi connectivity index (χ1v) is 7.82. The van der Waals surface area contributed by atoms with Gasteiger partial charge in [0.05, 0.1) is 0 Å². The highest BCUT2D eigenvalue weighted by atomic mass is 16.2. The Labute approximate surface area is 140 Å². The molecule has 3 rings (SSSR count). The summed E-state index contributed by atoms with van der Waals surface area (Å²) < 4.78 is 0. The van der Waals surface area contributed by atoms with Crippen molar-refractivity contribution in [2.75, 3.05) is 6.54 Å². The van der Waals surface area contributed by atoms with Crippen LogP contribution in [0.25, 0.3) is 10.9 Å². The molecule has 5 heteroatoms. The van der Waals surface area contributed by atoms with Gasteiger partial charge in [-0.25, -0.2) is 0 Å². The standard InChI is InChI=1S/C19H19N3O2/c20-18(23)9-11-22(13-14-4-2-1-3-5-14)19(24)16-7-6-15-8-10-21-17(15)12-16/h1-8,10,12,21H,9,11,13H2,(H2,20,23). The number of carbonyl (C=O) groups excluding carboxylic acids is 2. The molecule has 0 aliphatic carbocycles. The van der Waals surface area contributed by atoms with Crippen LogP contribution in [0, 0.1) is 0 Å². The summed E-state index contributed by atoms with van der Waals surface area (Å²) in [5.74, 6) is -0.530. The number of primary amides is 1. The van der Waals surface area contributed by atoms with Crippen molar-refractivity contribution < 1.29 is 9.59 Å². The highest BCUT2D eigenvalue weighted by molar-refractivity contribution is 5.98. The van der Waals surface area contributed by atoms with Crippen LogP contribution in [0.4, 0.5) is 0 Å². The Kier molecular flexibility index (Phi) is 4.61. The maximum atomic E-state index is 12.9. The number of benzene rings is 2. The van der Waals surface area contributed by atoms with E-state index in [1.807, 2.05) is 54.7 Å². The minimum atomic E-state index is -0.416. The quantitative estimate of drug-likeness (QED) is 0.732. The topological polar surface area (TPSA) is 79.2 Å². The highest BCUT2D eigenvalue weighted by Crippen LogP contribution is 2.17. The number of aromatic amines is 1. The average Bonchev–Trinajstić information content (AvgIpc) is 3.06. The molecule has 3 aromatic rings.